The molecule has 0 aliphatic carbocycles. The highest BCUT2D eigenvalue weighted by Gasteiger charge is 2.15. The maximum Gasteiger partial charge on any atom is 0.241 e. The lowest BCUT2D eigenvalue weighted by molar-refractivity contribution is -0.140. The summed E-state index contributed by atoms with van der Waals surface area (Å²) in [5.41, 5.74) is 0. The predicted octanol–water partition coefficient (Wildman–Crippen LogP) is 0.316. The van der Waals surface area contributed by atoms with E-state index in [-0.39, 0.29) is 11.7 Å². The molecule has 0 aliphatic rings. The Morgan fingerprint density at radius 3 is 2.50 bits per heavy atom. The molecule has 0 spiro atoms. The number of carbonyl (C=O) groups is 2. The van der Waals surface area contributed by atoms with Gasteiger partial charge in [-0.3, -0.25) is 18.7 Å². The molecule has 1 unspecified atom stereocenters. The molecule has 0 radical (unpaired) electrons. The molecule has 1 atom stereocenters. The van der Waals surface area contributed by atoms with E-state index in [9.17, 15) is 13.8 Å². The normalized spacial score (nSPS) is 11.9. The van der Waals surface area contributed by atoms with Crippen LogP contribution in [0.1, 0.15) is 13.3 Å². The van der Waals surface area contributed by atoms with Crippen molar-refractivity contribution >= 4 is 22.6 Å². The Hall–Kier alpha value is -0.970. The molecule has 0 fully saturated rings. The van der Waals surface area contributed by atoms with Gasteiger partial charge in [0.1, 0.15) is 5.75 Å². The molecule has 0 aliphatic heterocycles. The van der Waals surface area contributed by atoms with Crippen LogP contribution in [-0.4, -0.2) is 39.5 Å². The van der Waals surface area contributed by atoms with E-state index >= 15 is 0 Å². The fourth-order valence-electron chi connectivity index (χ4n) is 0.697. The Labute approximate surface area is 86.4 Å². The molecule has 0 rings (SSSR count). The van der Waals surface area contributed by atoms with Gasteiger partial charge in [0.05, 0.1) is 0 Å². The van der Waals surface area contributed by atoms with Crippen LogP contribution in [0.2, 0.25) is 0 Å². The largest absolute Gasteiger partial charge is 0.285 e. The van der Waals surface area contributed by atoms with Crippen molar-refractivity contribution in [1.82, 2.24) is 4.90 Å². The first kappa shape index (κ1) is 13.0. The highest BCUT2D eigenvalue weighted by Crippen LogP contribution is 1.93. The molecule has 0 heterocycles. The highest BCUT2D eigenvalue weighted by molar-refractivity contribution is 7.85. The number of hydrogen-bond acceptors (Lipinski definition) is 3. The Balaban J connectivity index is 3.99. The topological polar surface area (TPSA) is 54.5 Å². The van der Waals surface area contributed by atoms with Crippen LogP contribution >= 0.6 is 0 Å². The fraction of sp³-hybridized carbons (Fsp3) is 0.556. The van der Waals surface area contributed by atoms with Crippen molar-refractivity contribution < 1.29 is 13.8 Å². The maximum atomic E-state index is 11.2. The summed E-state index contributed by atoms with van der Waals surface area (Å²) in [4.78, 5) is 23.0. The lowest BCUT2D eigenvalue weighted by Gasteiger charge is -2.11. The van der Waals surface area contributed by atoms with Crippen LogP contribution in [0.25, 0.3) is 0 Å². The first-order valence-corrected chi connectivity index (χ1v) is 5.70. The van der Waals surface area contributed by atoms with E-state index in [0.29, 0.717) is 12.2 Å². The zero-order valence-corrected chi connectivity index (χ0v) is 9.30. The SMILES string of the molecule is C=CCCS(=O)CC(=O)N(C)C(C)=O. The van der Waals surface area contributed by atoms with E-state index in [4.69, 9.17) is 0 Å². The molecule has 0 saturated heterocycles. The van der Waals surface area contributed by atoms with Crippen LogP contribution in [-0.2, 0) is 20.4 Å². The van der Waals surface area contributed by atoms with Crippen molar-refractivity contribution in [3.05, 3.63) is 12.7 Å². The number of allylic oxidation sites excluding steroid dienone is 1. The van der Waals surface area contributed by atoms with Crippen molar-refractivity contribution in [2.75, 3.05) is 18.6 Å². The van der Waals surface area contributed by atoms with Crippen molar-refractivity contribution in [1.29, 1.82) is 0 Å². The molecular weight excluding hydrogens is 202 g/mol. The van der Waals surface area contributed by atoms with Crippen LogP contribution < -0.4 is 0 Å². The summed E-state index contributed by atoms with van der Waals surface area (Å²) in [5, 5.41) is 0. The number of carbonyl (C=O) groups excluding carboxylic acids is 2. The van der Waals surface area contributed by atoms with Gasteiger partial charge < -0.3 is 0 Å². The minimum absolute atomic E-state index is 0.0933. The van der Waals surface area contributed by atoms with Crippen LogP contribution in [0.3, 0.4) is 0 Å². The van der Waals surface area contributed by atoms with E-state index < -0.39 is 16.7 Å². The summed E-state index contributed by atoms with van der Waals surface area (Å²) in [7, 11) is 0.183. The Bertz CT molecular complexity index is 263. The van der Waals surface area contributed by atoms with E-state index in [2.05, 4.69) is 6.58 Å². The van der Waals surface area contributed by atoms with Gasteiger partial charge in [0, 0.05) is 30.5 Å². The van der Waals surface area contributed by atoms with E-state index in [0.717, 1.165) is 4.90 Å². The predicted molar refractivity (Wildman–Crippen MR) is 56.1 cm³/mol. The van der Waals surface area contributed by atoms with Crippen LogP contribution in [0, 0.1) is 0 Å². The molecule has 2 amide bonds. The Morgan fingerprint density at radius 2 is 2.07 bits per heavy atom. The third-order valence-electron chi connectivity index (χ3n) is 1.68. The third-order valence-corrected chi connectivity index (χ3v) is 2.94. The number of rotatable bonds is 5. The molecule has 0 bridgehead atoms. The fourth-order valence-corrected chi connectivity index (χ4v) is 1.74. The van der Waals surface area contributed by atoms with Gasteiger partial charge >= 0.3 is 0 Å². The monoisotopic (exact) mass is 217 g/mol. The molecule has 0 aromatic carbocycles. The summed E-state index contributed by atoms with van der Waals surface area (Å²) in [6.07, 6.45) is 2.26. The summed E-state index contributed by atoms with van der Waals surface area (Å²) >= 11 is 0. The molecule has 80 valence electrons. The van der Waals surface area contributed by atoms with Gasteiger partial charge in [-0.1, -0.05) is 6.08 Å². The zero-order chi connectivity index (χ0) is 11.1. The van der Waals surface area contributed by atoms with Crippen LogP contribution in [0.15, 0.2) is 12.7 Å². The van der Waals surface area contributed by atoms with Crippen molar-refractivity contribution in [3.8, 4) is 0 Å². The standard InChI is InChI=1S/C9H15NO3S/c1-4-5-6-14(13)7-9(12)10(3)8(2)11/h4H,1,5-7H2,2-3H3. The van der Waals surface area contributed by atoms with Gasteiger partial charge in [-0.05, 0) is 6.42 Å². The molecule has 14 heavy (non-hydrogen) atoms. The Kier molecular flexibility index (Phi) is 6.03. The smallest absolute Gasteiger partial charge is 0.241 e. The Morgan fingerprint density at radius 1 is 1.50 bits per heavy atom. The summed E-state index contributed by atoms with van der Waals surface area (Å²) in [5.74, 6) is -0.416. The lowest BCUT2D eigenvalue weighted by Crippen LogP contribution is -2.34. The minimum Gasteiger partial charge on any atom is -0.285 e. The molecule has 0 N–H and O–H groups in total. The third kappa shape index (κ3) is 4.91. The number of nitrogens with zero attached hydrogens (tertiary/aromatic N) is 1. The summed E-state index contributed by atoms with van der Waals surface area (Å²) in [6, 6.07) is 0. The van der Waals surface area contributed by atoms with Crippen LogP contribution in [0.4, 0.5) is 0 Å². The molecule has 4 nitrogen and oxygen atoms in total. The highest BCUT2D eigenvalue weighted by atomic mass is 32.2. The zero-order valence-electron chi connectivity index (χ0n) is 8.49. The second-order valence-electron chi connectivity index (χ2n) is 2.84. The van der Waals surface area contributed by atoms with Gasteiger partial charge in [0.25, 0.3) is 0 Å². The number of imide groups is 1. The maximum absolute atomic E-state index is 11.2. The lowest BCUT2D eigenvalue weighted by atomic mass is 10.5. The second kappa shape index (κ2) is 6.48. The average molecular weight is 217 g/mol. The van der Waals surface area contributed by atoms with E-state index in [1.165, 1.54) is 14.0 Å². The first-order chi connectivity index (χ1) is 6.49. The van der Waals surface area contributed by atoms with Crippen molar-refractivity contribution in [2.45, 2.75) is 13.3 Å². The molecule has 5 heteroatoms. The summed E-state index contributed by atoms with van der Waals surface area (Å²) < 4.78 is 11.2. The molecule has 0 aromatic rings. The van der Waals surface area contributed by atoms with Crippen molar-refractivity contribution in [2.24, 2.45) is 0 Å². The average Bonchev–Trinajstić information content (AvgIpc) is 2.13. The second-order valence-corrected chi connectivity index (χ2v) is 4.41. The number of amides is 2. The van der Waals surface area contributed by atoms with Gasteiger partial charge in [-0.25, -0.2) is 0 Å². The van der Waals surface area contributed by atoms with E-state index in [1.54, 1.807) is 6.08 Å². The van der Waals surface area contributed by atoms with Crippen molar-refractivity contribution in [3.63, 3.8) is 0 Å². The van der Waals surface area contributed by atoms with Crippen LogP contribution in [0.5, 0.6) is 0 Å². The van der Waals surface area contributed by atoms with E-state index in [1.807, 2.05) is 0 Å². The number of hydrogen-bond donors (Lipinski definition) is 0. The molecular formula is C9H15NO3S. The first-order valence-electron chi connectivity index (χ1n) is 4.22. The summed E-state index contributed by atoms with van der Waals surface area (Å²) in [6.45, 7) is 4.79. The van der Waals surface area contributed by atoms with Gasteiger partial charge in [0.2, 0.25) is 11.8 Å². The quantitative estimate of drug-likeness (QED) is 0.623. The van der Waals surface area contributed by atoms with Gasteiger partial charge in [0.15, 0.2) is 0 Å². The molecule has 0 aromatic heterocycles. The van der Waals surface area contributed by atoms with Gasteiger partial charge in [-0.15, -0.1) is 6.58 Å². The minimum atomic E-state index is -1.20. The molecule has 0 saturated carbocycles. The van der Waals surface area contributed by atoms with Gasteiger partial charge in [-0.2, -0.15) is 0 Å².